The van der Waals surface area contributed by atoms with Gasteiger partial charge in [-0.3, -0.25) is 0 Å². The fourth-order valence-corrected chi connectivity index (χ4v) is 4.33. The molecule has 6 heteroatoms. The summed E-state index contributed by atoms with van der Waals surface area (Å²) in [5.41, 5.74) is 1.38. The van der Waals surface area contributed by atoms with E-state index >= 15 is 0 Å². The van der Waals surface area contributed by atoms with Gasteiger partial charge in [-0.05, 0) is 30.3 Å². The average Bonchev–Trinajstić information content (AvgIpc) is 2.56. The predicted molar refractivity (Wildman–Crippen MR) is 94.6 cm³/mol. The van der Waals surface area contributed by atoms with Gasteiger partial charge in [0.2, 0.25) is 0 Å². The Bertz CT molecular complexity index is 506. The number of thiocarbonyl (C=S) groups is 1. The minimum Gasteiger partial charge on any atom is -0.370 e. The summed E-state index contributed by atoms with van der Waals surface area (Å²) in [5.74, 6) is 1.15. The summed E-state index contributed by atoms with van der Waals surface area (Å²) < 4.78 is 5.38. The standard InChI is InChI=1S/C16H23N3OS2/c21-16(17-6-7-19-8-10-20-11-9-19)18-14-5-12-22-15-4-2-1-3-13(14)15/h1-4,14H,5-12H2,(H2,17,18,21)/p+1/t14-/m1/s1. The van der Waals surface area contributed by atoms with Crippen LogP contribution in [0.2, 0.25) is 0 Å². The summed E-state index contributed by atoms with van der Waals surface area (Å²) >= 11 is 7.41. The number of nitrogens with one attached hydrogen (secondary N) is 3. The number of hydrogen-bond acceptors (Lipinski definition) is 3. The van der Waals surface area contributed by atoms with Gasteiger partial charge in [0.05, 0.1) is 32.3 Å². The summed E-state index contributed by atoms with van der Waals surface area (Å²) in [6, 6.07) is 8.97. The molecule has 0 bridgehead atoms. The first-order valence-electron chi connectivity index (χ1n) is 8.00. The van der Waals surface area contributed by atoms with E-state index in [1.807, 2.05) is 11.8 Å². The lowest BCUT2D eigenvalue weighted by molar-refractivity contribution is -0.906. The van der Waals surface area contributed by atoms with Crippen molar-refractivity contribution in [2.45, 2.75) is 17.4 Å². The topological polar surface area (TPSA) is 37.7 Å². The molecule has 0 spiro atoms. The van der Waals surface area contributed by atoms with Crippen molar-refractivity contribution in [1.29, 1.82) is 0 Å². The molecule has 0 saturated carbocycles. The van der Waals surface area contributed by atoms with E-state index < -0.39 is 0 Å². The zero-order chi connectivity index (χ0) is 15.2. The van der Waals surface area contributed by atoms with Crippen LogP contribution in [-0.2, 0) is 4.74 Å². The molecule has 1 atom stereocenters. The molecule has 0 aliphatic carbocycles. The maximum absolute atomic E-state index is 5.47. The molecule has 1 saturated heterocycles. The highest BCUT2D eigenvalue weighted by Gasteiger charge is 2.21. The molecule has 0 unspecified atom stereocenters. The van der Waals surface area contributed by atoms with Crippen molar-refractivity contribution in [3.8, 4) is 0 Å². The van der Waals surface area contributed by atoms with Crippen molar-refractivity contribution in [3.05, 3.63) is 29.8 Å². The summed E-state index contributed by atoms with van der Waals surface area (Å²) in [4.78, 5) is 2.98. The van der Waals surface area contributed by atoms with Crippen molar-refractivity contribution in [2.75, 3.05) is 45.1 Å². The lowest BCUT2D eigenvalue weighted by Gasteiger charge is -2.27. The van der Waals surface area contributed by atoms with Crippen LogP contribution in [0.4, 0.5) is 0 Å². The fourth-order valence-electron chi connectivity index (χ4n) is 2.96. The molecule has 1 aromatic carbocycles. The molecule has 4 nitrogen and oxygen atoms in total. The third kappa shape index (κ3) is 4.35. The van der Waals surface area contributed by atoms with Gasteiger partial charge in [0.25, 0.3) is 0 Å². The Kier molecular flexibility index (Phi) is 5.95. The molecule has 3 rings (SSSR count). The van der Waals surface area contributed by atoms with Gasteiger partial charge in [0, 0.05) is 10.6 Å². The van der Waals surface area contributed by atoms with Gasteiger partial charge in [0.1, 0.15) is 13.1 Å². The van der Waals surface area contributed by atoms with Crippen LogP contribution in [0.25, 0.3) is 0 Å². The molecule has 1 aromatic rings. The molecule has 22 heavy (non-hydrogen) atoms. The van der Waals surface area contributed by atoms with Crippen molar-refractivity contribution in [1.82, 2.24) is 10.6 Å². The van der Waals surface area contributed by atoms with Crippen molar-refractivity contribution >= 4 is 29.1 Å². The number of fused-ring (bicyclic) bond motifs is 1. The van der Waals surface area contributed by atoms with E-state index in [0.29, 0.717) is 6.04 Å². The van der Waals surface area contributed by atoms with E-state index in [4.69, 9.17) is 17.0 Å². The first-order chi connectivity index (χ1) is 10.8. The number of rotatable bonds is 4. The van der Waals surface area contributed by atoms with Crippen LogP contribution in [0.3, 0.4) is 0 Å². The SMILES string of the molecule is S=C(NCC[NH+]1CCOCC1)N[C@@H]1CCSc2ccccc21. The molecule has 0 amide bonds. The second-order valence-electron chi connectivity index (χ2n) is 5.74. The molecule has 2 heterocycles. The van der Waals surface area contributed by atoms with Crippen LogP contribution >= 0.6 is 24.0 Å². The van der Waals surface area contributed by atoms with Crippen molar-refractivity contribution < 1.29 is 9.64 Å². The molecule has 0 aromatic heterocycles. The van der Waals surface area contributed by atoms with Crippen LogP contribution in [-0.4, -0.2) is 50.3 Å². The number of quaternary nitrogens is 1. The summed E-state index contributed by atoms with van der Waals surface area (Å²) in [6.07, 6.45) is 1.12. The quantitative estimate of drug-likeness (QED) is 0.701. The third-order valence-corrected chi connectivity index (χ3v) is 5.61. The molecular formula is C16H24N3OS2+. The van der Waals surface area contributed by atoms with Gasteiger partial charge in [-0.1, -0.05) is 18.2 Å². The van der Waals surface area contributed by atoms with Crippen molar-refractivity contribution in [3.63, 3.8) is 0 Å². The Morgan fingerprint density at radius 1 is 1.32 bits per heavy atom. The monoisotopic (exact) mass is 338 g/mol. The first-order valence-corrected chi connectivity index (χ1v) is 9.40. The second kappa shape index (κ2) is 8.15. The smallest absolute Gasteiger partial charge is 0.166 e. The fraction of sp³-hybridized carbons (Fsp3) is 0.562. The summed E-state index contributed by atoms with van der Waals surface area (Å²) in [6.45, 7) is 6.00. The Hall–Kier alpha value is -0.820. The molecule has 1 fully saturated rings. The first kappa shape index (κ1) is 16.1. The second-order valence-corrected chi connectivity index (χ2v) is 7.29. The average molecular weight is 339 g/mol. The van der Waals surface area contributed by atoms with Gasteiger partial charge < -0.3 is 20.3 Å². The van der Waals surface area contributed by atoms with Gasteiger partial charge >= 0.3 is 0 Å². The van der Waals surface area contributed by atoms with Crippen LogP contribution < -0.4 is 15.5 Å². The molecule has 2 aliphatic rings. The van der Waals surface area contributed by atoms with E-state index in [2.05, 4.69) is 34.9 Å². The van der Waals surface area contributed by atoms with E-state index in [1.54, 1.807) is 4.90 Å². The number of hydrogen-bond donors (Lipinski definition) is 3. The molecule has 2 aliphatic heterocycles. The number of morpholine rings is 1. The van der Waals surface area contributed by atoms with Crippen LogP contribution in [0.5, 0.6) is 0 Å². The largest absolute Gasteiger partial charge is 0.370 e. The number of ether oxygens (including phenoxy) is 1. The lowest BCUT2D eigenvalue weighted by atomic mass is 10.0. The van der Waals surface area contributed by atoms with E-state index in [-0.39, 0.29) is 0 Å². The highest BCUT2D eigenvalue weighted by atomic mass is 32.2. The summed E-state index contributed by atoms with van der Waals surface area (Å²) in [5, 5.41) is 7.62. The summed E-state index contributed by atoms with van der Waals surface area (Å²) in [7, 11) is 0. The minimum atomic E-state index is 0.341. The normalized spacial score (nSPS) is 21.9. The third-order valence-electron chi connectivity index (χ3n) is 4.23. The van der Waals surface area contributed by atoms with Crippen LogP contribution in [0, 0.1) is 0 Å². The Labute approximate surface area is 142 Å². The van der Waals surface area contributed by atoms with E-state index in [0.717, 1.165) is 56.7 Å². The molecular weight excluding hydrogens is 314 g/mol. The molecule has 0 radical (unpaired) electrons. The highest BCUT2D eigenvalue weighted by molar-refractivity contribution is 7.99. The maximum Gasteiger partial charge on any atom is 0.166 e. The Morgan fingerprint density at radius 2 is 2.14 bits per heavy atom. The lowest BCUT2D eigenvalue weighted by Crippen LogP contribution is -3.14. The maximum atomic E-state index is 5.47. The van der Waals surface area contributed by atoms with Crippen LogP contribution in [0.15, 0.2) is 29.2 Å². The number of benzene rings is 1. The van der Waals surface area contributed by atoms with E-state index in [1.165, 1.54) is 10.5 Å². The van der Waals surface area contributed by atoms with Gasteiger partial charge in [0.15, 0.2) is 5.11 Å². The Balaban J connectivity index is 1.44. The van der Waals surface area contributed by atoms with Crippen molar-refractivity contribution in [2.24, 2.45) is 0 Å². The molecule has 3 N–H and O–H groups in total. The minimum absolute atomic E-state index is 0.341. The van der Waals surface area contributed by atoms with Gasteiger partial charge in [-0.2, -0.15) is 0 Å². The highest BCUT2D eigenvalue weighted by Crippen LogP contribution is 2.35. The van der Waals surface area contributed by atoms with Crippen LogP contribution in [0.1, 0.15) is 18.0 Å². The Morgan fingerprint density at radius 3 is 3.00 bits per heavy atom. The number of thioether (sulfide) groups is 1. The molecule has 120 valence electrons. The van der Waals surface area contributed by atoms with E-state index in [9.17, 15) is 0 Å². The zero-order valence-corrected chi connectivity index (χ0v) is 14.4. The van der Waals surface area contributed by atoms with Gasteiger partial charge in [-0.25, -0.2) is 0 Å². The zero-order valence-electron chi connectivity index (χ0n) is 12.8. The predicted octanol–water partition coefficient (Wildman–Crippen LogP) is 0.603. The van der Waals surface area contributed by atoms with Gasteiger partial charge in [-0.15, -0.1) is 11.8 Å².